The summed E-state index contributed by atoms with van der Waals surface area (Å²) in [5.74, 6) is -0.296. The fourth-order valence-corrected chi connectivity index (χ4v) is 1.84. The van der Waals surface area contributed by atoms with Crippen LogP contribution in [0.1, 0.15) is 32.1 Å². The average molecular weight is 342 g/mol. The highest BCUT2D eigenvalue weighted by Gasteiger charge is 2.34. The zero-order valence-corrected chi connectivity index (χ0v) is 13.4. The summed E-state index contributed by atoms with van der Waals surface area (Å²) in [7, 11) is 0. The first kappa shape index (κ1) is 17.8. The number of rotatable bonds is 4. The van der Waals surface area contributed by atoms with Crippen LogP contribution in [0, 0.1) is 0 Å². The minimum Gasteiger partial charge on any atom is -0.483 e. The third kappa shape index (κ3) is 4.50. The van der Waals surface area contributed by atoms with Crippen LogP contribution in [-0.4, -0.2) is 17.7 Å². The van der Waals surface area contributed by atoms with Crippen molar-refractivity contribution in [2.24, 2.45) is 0 Å². The molecular weight excluding hydrogens is 325 g/mol. The molecule has 0 radical (unpaired) electrons. The number of para-hydroxylation sites is 1. The fraction of sp³-hybridized carbons (Fsp3) is 0.375. The summed E-state index contributed by atoms with van der Waals surface area (Å²) in [4.78, 5) is 11.8. The maximum atomic E-state index is 12.8. The molecule has 0 aliphatic carbocycles. The van der Waals surface area contributed by atoms with Crippen molar-refractivity contribution in [3.05, 3.63) is 41.7 Å². The predicted octanol–water partition coefficient (Wildman–Crippen LogP) is 4.01. The smallest absolute Gasteiger partial charge is 0.419 e. The van der Waals surface area contributed by atoms with Crippen LogP contribution in [0.15, 0.2) is 34.9 Å². The number of aromatic nitrogens is 1. The summed E-state index contributed by atoms with van der Waals surface area (Å²) in [6.07, 6.45) is -4.55. The van der Waals surface area contributed by atoms with Gasteiger partial charge in [-0.15, -0.1) is 0 Å². The Kier molecular flexibility index (Phi) is 4.86. The van der Waals surface area contributed by atoms with E-state index in [1.165, 1.54) is 12.1 Å². The molecule has 2 aromatic rings. The largest absolute Gasteiger partial charge is 0.483 e. The summed E-state index contributed by atoms with van der Waals surface area (Å²) >= 11 is 0. The van der Waals surface area contributed by atoms with Crippen molar-refractivity contribution in [1.82, 2.24) is 5.16 Å². The Labute approximate surface area is 136 Å². The first-order valence-electron chi connectivity index (χ1n) is 7.13. The number of carbonyl (C=O) groups is 1. The number of ether oxygens (including phenoxy) is 1. The van der Waals surface area contributed by atoms with Crippen LogP contribution in [0.3, 0.4) is 0 Å². The number of benzene rings is 1. The van der Waals surface area contributed by atoms with Crippen molar-refractivity contribution < 1.29 is 27.2 Å². The van der Waals surface area contributed by atoms with E-state index in [1.807, 2.05) is 20.8 Å². The van der Waals surface area contributed by atoms with Gasteiger partial charge in [0.2, 0.25) is 0 Å². The van der Waals surface area contributed by atoms with E-state index in [2.05, 4.69) is 10.5 Å². The van der Waals surface area contributed by atoms with Crippen molar-refractivity contribution >= 4 is 11.7 Å². The Hall–Kier alpha value is -2.51. The maximum Gasteiger partial charge on any atom is 0.419 e. The first-order chi connectivity index (χ1) is 11.1. The van der Waals surface area contributed by atoms with Gasteiger partial charge in [0, 0.05) is 11.5 Å². The molecule has 1 aromatic heterocycles. The topological polar surface area (TPSA) is 64.4 Å². The summed E-state index contributed by atoms with van der Waals surface area (Å²) in [6.45, 7) is 5.16. The molecule has 2 rings (SSSR count). The zero-order chi connectivity index (χ0) is 18.0. The Balaban J connectivity index is 1.98. The zero-order valence-electron chi connectivity index (χ0n) is 13.4. The number of amides is 1. The second kappa shape index (κ2) is 6.54. The molecule has 0 bridgehead atoms. The van der Waals surface area contributed by atoms with Crippen LogP contribution in [-0.2, 0) is 16.4 Å². The molecular formula is C16H17F3N2O3. The molecule has 130 valence electrons. The van der Waals surface area contributed by atoms with Crippen molar-refractivity contribution in [1.29, 1.82) is 0 Å². The summed E-state index contributed by atoms with van der Waals surface area (Å²) in [5.41, 5.74) is -1.22. The number of alkyl halides is 3. The Morgan fingerprint density at radius 1 is 1.25 bits per heavy atom. The van der Waals surface area contributed by atoms with Crippen LogP contribution in [0.5, 0.6) is 5.75 Å². The van der Waals surface area contributed by atoms with Crippen LogP contribution in [0.4, 0.5) is 19.0 Å². The third-order valence-electron chi connectivity index (χ3n) is 3.07. The Morgan fingerprint density at radius 2 is 1.92 bits per heavy atom. The van der Waals surface area contributed by atoms with E-state index < -0.39 is 30.0 Å². The van der Waals surface area contributed by atoms with Crippen LogP contribution < -0.4 is 10.1 Å². The lowest BCUT2D eigenvalue weighted by atomic mass is 9.93. The molecule has 1 N–H and O–H groups in total. The van der Waals surface area contributed by atoms with Gasteiger partial charge >= 0.3 is 6.18 Å². The molecule has 0 saturated carbocycles. The molecule has 0 saturated heterocycles. The Bertz CT molecular complexity index is 718. The first-order valence-corrected chi connectivity index (χ1v) is 7.13. The number of halogens is 3. The summed E-state index contributed by atoms with van der Waals surface area (Å²) in [5, 5.41) is 6.10. The third-order valence-corrected chi connectivity index (χ3v) is 3.07. The molecule has 1 aromatic carbocycles. The van der Waals surface area contributed by atoms with Gasteiger partial charge in [-0.05, 0) is 12.1 Å². The highest BCUT2D eigenvalue weighted by molar-refractivity contribution is 5.90. The standard InChI is InChI=1S/C16H17F3N2O3/c1-15(2,3)12-8-13(21-24-12)20-14(22)9-23-11-7-5-4-6-10(11)16(17,18)19/h4-8H,9H2,1-3H3,(H,20,21,22). The maximum absolute atomic E-state index is 12.8. The van der Waals surface area contributed by atoms with E-state index >= 15 is 0 Å². The molecule has 0 unspecified atom stereocenters. The SMILES string of the molecule is CC(C)(C)c1cc(NC(=O)COc2ccccc2C(F)(F)F)no1. The van der Waals surface area contributed by atoms with Gasteiger partial charge in [-0.1, -0.05) is 38.1 Å². The number of hydrogen-bond donors (Lipinski definition) is 1. The lowest BCUT2D eigenvalue weighted by molar-refractivity contribution is -0.139. The van der Waals surface area contributed by atoms with E-state index in [9.17, 15) is 18.0 Å². The van der Waals surface area contributed by atoms with Gasteiger partial charge in [-0.3, -0.25) is 4.79 Å². The molecule has 24 heavy (non-hydrogen) atoms. The number of nitrogens with zero attached hydrogens (tertiary/aromatic N) is 1. The molecule has 0 aliphatic rings. The summed E-state index contributed by atoms with van der Waals surface area (Å²) < 4.78 is 48.6. The minimum absolute atomic E-state index is 0.178. The van der Waals surface area contributed by atoms with Gasteiger partial charge in [0.15, 0.2) is 12.4 Å². The summed E-state index contributed by atoms with van der Waals surface area (Å²) in [6, 6.07) is 6.25. The van der Waals surface area contributed by atoms with Crippen LogP contribution in [0.25, 0.3) is 0 Å². The van der Waals surface area contributed by atoms with Gasteiger partial charge in [-0.2, -0.15) is 13.2 Å². The van der Waals surface area contributed by atoms with Crippen molar-refractivity contribution in [2.45, 2.75) is 32.4 Å². The highest BCUT2D eigenvalue weighted by atomic mass is 19.4. The average Bonchev–Trinajstić information content (AvgIpc) is 2.93. The Morgan fingerprint density at radius 3 is 2.50 bits per heavy atom. The molecule has 0 fully saturated rings. The highest BCUT2D eigenvalue weighted by Crippen LogP contribution is 2.35. The van der Waals surface area contributed by atoms with E-state index in [1.54, 1.807) is 6.07 Å². The molecule has 5 nitrogen and oxygen atoms in total. The number of nitrogens with one attached hydrogen (secondary N) is 1. The second-order valence-electron chi connectivity index (χ2n) is 6.16. The lowest BCUT2D eigenvalue weighted by Gasteiger charge is -2.13. The molecule has 0 atom stereocenters. The van der Waals surface area contributed by atoms with Gasteiger partial charge in [0.25, 0.3) is 5.91 Å². The fourth-order valence-electron chi connectivity index (χ4n) is 1.84. The van der Waals surface area contributed by atoms with E-state index in [0.717, 1.165) is 12.1 Å². The van der Waals surface area contributed by atoms with Crippen molar-refractivity contribution in [3.63, 3.8) is 0 Å². The molecule has 1 heterocycles. The van der Waals surface area contributed by atoms with Gasteiger partial charge < -0.3 is 14.6 Å². The minimum atomic E-state index is -4.55. The number of hydrogen-bond acceptors (Lipinski definition) is 4. The molecule has 8 heteroatoms. The van der Waals surface area contributed by atoms with E-state index in [0.29, 0.717) is 5.76 Å². The number of anilines is 1. The normalized spacial score (nSPS) is 12.1. The van der Waals surface area contributed by atoms with Crippen molar-refractivity contribution in [2.75, 3.05) is 11.9 Å². The van der Waals surface area contributed by atoms with Gasteiger partial charge in [0.1, 0.15) is 11.5 Å². The monoisotopic (exact) mass is 342 g/mol. The van der Waals surface area contributed by atoms with Gasteiger partial charge in [-0.25, -0.2) is 0 Å². The lowest BCUT2D eigenvalue weighted by Crippen LogP contribution is -2.21. The van der Waals surface area contributed by atoms with Crippen molar-refractivity contribution in [3.8, 4) is 5.75 Å². The molecule has 0 spiro atoms. The van der Waals surface area contributed by atoms with Crippen LogP contribution in [0.2, 0.25) is 0 Å². The number of carbonyl (C=O) groups excluding carboxylic acids is 1. The van der Waals surface area contributed by atoms with Crippen LogP contribution >= 0.6 is 0 Å². The van der Waals surface area contributed by atoms with Gasteiger partial charge in [0.05, 0.1) is 5.56 Å². The molecule has 1 amide bonds. The molecule has 0 aliphatic heterocycles. The van der Waals surface area contributed by atoms with E-state index in [-0.39, 0.29) is 11.2 Å². The van der Waals surface area contributed by atoms with E-state index in [4.69, 9.17) is 9.26 Å². The quantitative estimate of drug-likeness (QED) is 0.912. The second-order valence-corrected chi connectivity index (χ2v) is 6.16. The predicted molar refractivity (Wildman–Crippen MR) is 80.8 cm³/mol.